The molecule has 5 nitrogen and oxygen atoms in total. The minimum atomic E-state index is 0. The number of nitrogens with zero attached hydrogens (tertiary/aromatic N) is 4. The molecule has 0 aliphatic rings. The van der Waals surface area contributed by atoms with Crippen LogP contribution in [0.2, 0.25) is 0 Å². The molecule has 0 heterocycles. The van der Waals surface area contributed by atoms with Crippen LogP contribution in [-0.2, 0) is 0 Å². The van der Waals surface area contributed by atoms with Crippen molar-refractivity contribution in [2.45, 2.75) is 0 Å². The molecule has 0 aliphatic heterocycles. The van der Waals surface area contributed by atoms with Gasteiger partial charge in [-0.15, -0.1) is 0 Å². The van der Waals surface area contributed by atoms with Crippen LogP contribution in [0.25, 0.3) is 0 Å². The highest BCUT2D eigenvalue weighted by molar-refractivity contribution is 4.88. The van der Waals surface area contributed by atoms with Crippen molar-refractivity contribution in [1.29, 1.82) is 15.8 Å². The molecule has 0 atom stereocenters. The predicted octanol–water partition coefficient (Wildman–Crippen LogP) is -0.966. The molecule has 0 spiro atoms. The van der Waals surface area contributed by atoms with Gasteiger partial charge in [0, 0.05) is 0 Å². The second-order valence-corrected chi connectivity index (χ2v) is 1.62. The van der Waals surface area contributed by atoms with Crippen molar-refractivity contribution < 1.29 is 5.48 Å². The molecule has 58 valence electrons. The molecule has 2 N–H and O–H groups in total. The van der Waals surface area contributed by atoms with E-state index in [4.69, 9.17) is 15.8 Å². The van der Waals surface area contributed by atoms with Crippen LogP contribution in [0, 0.1) is 34.0 Å². The van der Waals surface area contributed by atoms with E-state index in [0.29, 0.717) is 0 Å². The van der Waals surface area contributed by atoms with Gasteiger partial charge in [-0.25, -0.2) is 0 Å². The molecule has 0 rings (SSSR count). The third-order valence-electron chi connectivity index (χ3n) is 0.883. The molecular formula is C6H8N4O. The summed E-state index contributed by atoms with van der Waals surface area (Å²) in [6.45, 7) is 0.420. The van der Waals surface area contributed by atoms with Gasteiger partial charge in [0.1, 0.15) is 0 Å². The van der Waals surface area contributed by atoms with Gasteiger partial charge in [0.2, 0.25) is 0 Å². The van der Waals surface area contributed by atoms with Crippen molar-refractivity contribution in [2.24, 2.45) is 0 Å². The summed E-state index contributed by atoms with van der Waals surface area (Å²) in [4.78, 5) is 1.46. The van der Waals surface area contributed by atoms with E-state index in [-0.39, 0.29) is 25.1 Å². The minimum absolute atomic E-state index is 0. The van der Waals surface area contributed by atoms with Gasteiger partial charge < -0.3 is 5.48 Å². The second kappa shape index (κ2) is 8.39. The van der Waals surface area contributed by atoms with Crippen LogP contribution in [0.5, 0.6) is 0 Å². The largest absolute Gasteiger partial charge is 0.412 e. The summed E-state index contributed by atoms with van der Waals surface area (Å²) in [5, 5.41) is 24.5. The van der Waals surface area contributed by atoms with Crippen LogP contribution in [0.15, 0.2) is 0 Å². The summed E-state index contributed by atoms with van der Waals surface area (Å²) < 4.78 is 0. The zero-order chi connectivity index (χ0) is 7.82. The molecule has 0 fully saturated rings. The van der Waals surface area contributed by atoms with Gasteiger partial charge in [0.15, 0.2) is 0 Å². The van der Waals surface area contributed by atoms with Gasteiger partial charge in [-0.05, 0) is 0 Å². The lowest BCUT2D eigenvalue weighted by Gasteiger charge is -2.07. The van der Waals surface area contributed by atoms with E-state index in [2.05, 4.69) is 0 Å². The SMILES string of the molecule is N#CCN(CC#N)CC#N.O. The van der Waals surface area contributed by atoms with E-state index in [1.807, 2.05) is 18.2 Å². The third-order valence-corrected chi connectivity index (χ3v) is 0.883. The van der Waals surface area contributed by atoms with E-state index < -0.39 is 0 Å². The Kier molecular flexibility index (Phi) is 9.23. The first kappa shape index (κ1) is 12.1. The smallest absolute Gasteiger partial charge is 0.0882 e. The van der Waals surface area contributed by atoms with Crippen molar-refractivity contribution in [2.75, 3.05) is 19.6 Å². The van der Waals surface area contributed by atoms with E-state index in [9.17, 15) is 0 Å². The zero-order valence-corrected chi connectivity index (χ0v) is 5.91. The van der Waals surface area contributed by atoms with Crippen LogP contribution in [-0.4, -0.2) is 30.0 Å². The fourth-order valence-electron chi connectivity index (χ4n) is 0.468. The lowest BCUT2D eigenvalue weighted by molar-refractivity contribution is 0.385. The summed E-state index contributed by atoms with van der Waals surface area (Å²) in [7, 11) is 0. The Labute approximate surface area is 65.0 Å². The summed E-state index contributed by atoms with van der Waals surface area (Å²) >= 11 is 0. The Balaban J connectivity index is 0. The third kappa shape index (κ3) is 6.27. The van der Waals surface area contributed by atoms with Gasteiger partial charge in [-0.1, -0.05) is 0 Å². The van der Waals surface area contributed by atoms with E-state index in [1.54, 1.807) is 0 Å². The molecule has 0 aromatic heterocycles. The van der Waals surface area contributed by atoms with E-state index in [0.717, 1.165) is 0 Å². The first-order valence-corrected chi connectivity index (χ1v) is 2.68. The Bertz CT molecular complexity index is 168. The molecule has 0 bridgehead atoms. The Morgan fingerprint density at radius 2 is 1.09 bits per heavy atom. The standard InChI is InChI=1S/C6H6N4.H2O/c7-1-4-10(5-2-8)6-3-9;/h4-6H2;1H2. The van der Waals surface area contributed by atoms with Gasteiger partial charge in [0.25, 0.3) is 0 Å². The van der Waals surface area contributed by atoms with Crippen molar-refractivity contribution in [3.8, 4) is 18.2 Å². The molecule has 0 unspecified atom stereocenters. The van der Waals surface area contributed by atoms with Crippen LogP contribution in [0.1, 0.15) is 0 Å². The lowest BCUT2D eigenvalue weighted by atomic mass is 10.5. The first-order chi connectivity index (χ1) is 4.85. The predicted molar refractivity (Wildman–Crippen MR) is 36.9 cm³/mol. The van der Waals surface area contributed by atoms with Gasteiger partial charge in [-0.2, -0.15) is 15.8 Å². The fourth-order valence-corrected chi connectivity index (χ4v) is 0.468. The first-order valence-electron chi connectivity index (χ1n) is 2.68. The highest BCUT2D eigenvalue weighted by Crippen LogP contribution is 1.82. The van der Waals surface area contributed by atoms with Crippen LogP contribution in [0.3, 0.4) is 0 Å². The molecule has 0 saturated heterocycles. The summed E-state index contributed by atoms with van der Waals surface area (Å²) in [5.74, 6) is 0. The van der Waals surface area contributed by atoms with Crippen LogP contribution >= 0.6 is 0 Å². The van der Waals surface area contributed by atoms with Crippen LogP contribution in [0.4, 0.5) is 0 Å². The summed E-state index contributed by atoms with van der Waals surface area (Å²) in [5.41, 5.74) is 0. The van der Waals surface area contributed by atoms with Crippen molar-refractivity contribution in [1.82, 2.24) is 4.90 Å². The molecule has 5 heteroatoms. The van der Waals surface area contributed by atoms with E-state index in [1.165, 1.54) is 4.90 Å². The normalized spacial score (nSPS) is 7.09. The maximum absolute atomic E-state index is 8.18. The Morgan fingerprint density at radius 1 is 0.818 bits per heavy atom. The van der Waals surface area contributed by atoms with Gasteiger partial charge >= 0.3 is 0 Å². The van der Waals surface area contributed by atoms with Crippen molar-refractivity contribution >= 4 is 0 Å². The molecule has 0 aromatic carbocycles. The maximum Gasteiger partial charge on any atom is 0.0882 e. The zero-order valence-electron chi connectivity index (χ0n) is 5.91. The lowest BCUT2D eigenvalue weighted by Crippen LogP contribution is -2.24. The molecule has 0 aromatic rings. The van der Waals surface area contributed by atoms with Gasteiger partial charge in [-0.3, -0.25) is 4.90 Å². The molecule has 0 saturated carbocycles. The Morgan fingerprint density at radius 3 is 1.27 bits per heavy atom. The van der Waals surface area contributed by atoms with Crippen molar-refractivity contribution in [3.63, 3.8) is 0 Å². The number of hydrogen-bond acceptors (Lipinski definition) is 4. The molecule has 0 amide bonds. The second-order valence-electron chi connectivity index (χ2n) is 1.62. The molecular weight excluding hydrogens is 144 g/mol. The average Bonchev–Trinajstić information content (AvgIpc) is 1.90. The summed E-state index contributed by atoms with van der Waals surface area (Å²) in [6.07, 6.45) is 0. The monoisotopic (exact) mass is 152 g/mol. The molecule has 0 radical (unpaired) electrons. The maximum atomic E-state index is 8.18. The van der Waals surface area contributed by atoms with E-state index >= 15 is 0 Å². The topological polar surface area (TPSA) is 106 Å². The number of nitriles is 3. The van der Waals surface area contributed by atoms with Gasteiger partial charge in [0.05, 0.1) is 37.8 Å². The minimum Gasteiger partial charge on any atom is -0.412 e. The molecule has 11 heavy (non-hydrogen) atoms. The highest BCUT2D eigenvalue weighted by atomic mass is 16.0. The summed E-state index contributed by atoms with van der Waals surface area (Å²) in [6, 6.07) is 5.58. The average molecular weight is 152 g/mol. The highest BCUT2D eigenvalue weighted by Gasteiger charge is 1.99. The molecule has 0 aliphatic carbocycles. The quantitative estimate of drug-likeness (QED) is 0.485. The number of rotatable bonds is 3. The Hall–Kier alpha value is -1.61. The van der Waals surface area contributed by atoms with Crippen molar-refractivity contribution in [3.05, 3.63) is 0 Å². The fraction of sp³-hybridized carbons (Fsp3) is 0.500. The number of hydrogen-bond donors (Lipinski definition) is 0. The van der Waals surface area contributed by atoms with Crippen LogP contribution < -0.4 is 0 Å².